The average molecular weight is 315 g/mol. The Bertz CT molecular complexity index is 651. The second-order valence-corrected chi connectivity index (χ2v) is 7.94. The number of nitrogen functional groups attached to an aromatic ring is 1. The zero-order valence-electron chi connectivity index (χ0n) is 12.5. The van der Waals surface area contributed by atoms with Gasteiger partial charge >= 0.3 is 5.97 Å². The summed E-state index contributed by atoms with van der Waals surface area (Å²) in [7, 11) is -1.48. The van der Waals surface area contributed by atoms with Crippen molar-refractivity contribution in [1.29, 1.82) is 0 Å². The summed E-state index contributed by atoms with van der Waals surface area (Å²) in [4.78, 5) is 12.2. The van der Waals surface area contributed by atoms with Crippen molar-refractivity contribution in [3.05, 3.63) is 11.4 Å². The normalized spacial score (nSPS) is 23.0. The van der Waals surface area contributed by atoms with Crippen molar-refractivity contribution in [2.24, 2.45) is 7.05 Å². The number of nitrogens with two attached hydrogens (primary N) is 1. The molecule has 1 fully saturated rings. The molecule has 2 rings (SSSR count). The van der Waals surface area contributed by atoms with Crippen molar-refractivity contribution >= 4 is 21.5 Å². The highest BCUT2D eigenvalue weighted by Crippen LogP contribution is 2.27. The SMILES string of the molecule is Cc1nn(C)c(C(=O)OC2CCCC(S(C)(=O)=O)C2)c1N. The summed E-state index contributed by atoms with van der Waals surface area (Å²) in [5, 5.41) is 3.64. The van der Waals surface area contributed by atoms with Crippen LogP contribution in [0.25, 0.3) is 0 Å². The smallest absolute Gasteiger partial charge is 0.359 e. The van der Waals surface area contributed by atoms with Crippen LogP contribution < -0.4 is 5.73 Å². The van der Waals surface area contributed by atoms with E-state index in [-0.39, 0.29) is 11.8 Å². The molecule has 1 aliphatic rings. The van der Waals surface area contributed by atoms with Gasteiger partial charge in [-0.25, -0.2) is 13.2 Å². The maximum Gasteiger partial charge on any atom is 0.359 e. The second kappa shape index (κ2) is 5.67. The lowest BCUT2D eigenvalue weighted by Gasteiger charge is -2.27. The number of hydrogen-bond acceptors (Lipinski definition) is 6. The summed E-state index contributed by atoms with van der Waals surface area (Å²) in [6, 6.07) is 0. The third kappa shape index (κ3) is 3.37. The number of rotatable bonds is 3. The summed E-state index contributed by atoms with van der Waals surface area (Å²) in [6.45, 7) is 1.71. The molecule has 0 aliphatic heterocycles. The van der Waals surface area contributed by atoms with Gasteiger partial charge in [-0.1, -0.05) is 0 Å². The topological polar surface area (TPSA) is 104 Å². The standard InChI is InChI=1S/C13H21N3O4S/c1-8-11(14)12(16(2)15-8)13(17)20-9-5-4-6-10(7-9)21(3,18)19/h9-10H,4-7,14H2,1-3H3. The van der Waals surface area contributed by atoms with E-state index >= 15 is 0 Å². The molecule has 2 unspecified atom stereocenters. The van der Waals surface area contributed by atoms with Crippen molar-refractivity contribution in [1.82, 2.24) is 9.78 Å². The highest BCUT2D eigenvalue weighted by atomic mass is 32.2. The summed E-state index contributed by atoms with van der Waals surface area (Å²) in [5.41, 5.74) is 6.92. The predicted octanol–water partition coefficient (Wildman–Crippen LogP) is 0.823. The van der Waals surface area contributed by atoms with Gasteiger partial charge in [0.15, 0.2) is 5.69 Å². The number of anilines is 1. The van der Waals surface area contributed by atoms with Crippen LogP contribution in [0.4, 0.5) is 5.69 Å². The van der Waals surface area contributed by atoms with Gasteiger partial charge in [-0.05, 0) is 26.2 Å². The lowest BCUT2D eigenvalue weighted by atomic mass is 9.97. The quantitative estimate of drug-likeness (QED) is 0.828. The number of carbonyl (C=O) groups is 1. The minimum atomic E-state index is -3.10. The van der Waals surface area contributed by atoms with Crippen molar-refractivity contribution in [2.75, 3.05) is 12.0 Å². The molecule has 2 N–H and O–H groups in total. The molecule has 0 aromatic carbocycles. The zero-order chi connectivity index (χ0) is 15.8. The van der Waals surface area contributed by atoms with Crippen molar-refractivity contribution in [3.8, 4) is 0 Å². The van der Waals surface area contributed by atoms with Crippen LogP contribution in [0, 0.1) is 6.92 Å². The molecule has 1 aromatic rings. The van der Waals surface area contributed by atoms with Gasteiger partial charge in [0, 0.05) is 19.7 Å². The van der Waals surface area contributed by atoms with E-state index < -0.39 is 21.1 Å². The Morgan fingerprint density at radius 3 is 2.62 bits per heavy atom. The van der Waals surface area contributed by atoms with Gasteiger partial charge in [0.2, 0.25) is 0 Å². The monoisotopic (exact) mass is 315 g/mol. The van der Waals surface area contributed by atoms with Crippen LogP contribution >= 0.6 is 0 Å². The highest BCUT2D eigenvalue weighted by Gasteiger charge is 2.32. The fourth-order valence-electron chi connectivity index (χ4n) is 2.72. The average Bonchev–Trinajstić information content (AvgIpc) is 2.62. The molecule has 1 aliphatic carbocycles. The third-order valence-electron chi connectivity index (χ3n) is 3.92. The molecule has 7 nitrogen and oxygen atoms in total. The molecule has 21 heavy (non-hydrogen) atoms. The summed E-state index contributed by atoms with van der Waals surface area (Å²) in [6.07, 6.45) is 3.22. The molecule has 0 amide bonds. The van der Waals surface area contributed by atoms with Gasteiger partial charge in [-0.15, -0.1) is 0 Å². The number of esters is 1. The lowest BCUT2D eigenvalue weighted by Crippen LogP contribution is -2.33. The number of carbonyl (C=O) groups excluding carboxylic acids is 1. The molecule has 118 valence electrons. The number of hydrogen-bond donors (Lipinski definition) is 1. The first-order valence-corrected chi connectivity index (χ1v) is 8.84. The van der Waals surface area contributed by atoms with Crippen LogP contribution in [-0.4, -0.2) is 41.8 Å². The van der Waals surface area contributed by atoms with Crippen LogP contribution in [0.1, 0.15) is 41.9 Å². The van der Waals surface area contributed by atoms with E-state index in [1.165, 1.54) is 10.9 Å². The third-order valence-corrected chi connectivity index (χ3v) is 5.56. The molecule has 0 radical (unpaired) electrons. The first-order chi connectivity index (χ1) is 9.70. The minimum Gasteiger partial charge on any atom is -0.458 e. The number of sulfone groups is 1. The van der Waals surface area contributed by atoms with E-state index in [1.54, 1.807) is 14.0 Å². The molecular formula is C13H21N3O4S. The Labute approximate surface area is 124 Å². The zero-order valence-corrected chi connectivity index (χ0v) is 13.3. The highest BCUT2D eigenvalue weighted by molar-refractivity contribution is 7.91. The van der Waals surface area contributed by atoms with Crippen molar-refractivity contribution in [2.45, 2.75) is 44.0 Å². The van der Waals surface area contributed by atoms with E-state index in [2.05, 4.69) is 5.10 Å². The number of aryl methyl sites for hydroxylation is 2. The van der Waals surface area contributed by atoms with E-state index in [1.807, 2.05) is 0 Å². The molecule has 2 atom stereocenters. The second-order valence-electron chi connectivity index (χ2n) is 5.62. The van der Waals surface area contributed by atoms with E-state index in [4.69, 9.17) is 10.5 Å². The summed E-state index contributed by atoms with van der Waals surface area (Å²) in [5.74, 6) is -0.547. The van der Waals surface area contributed by atoms with Gasteiger partial charge in [0.1, 0.15) is 15.9 Å². The van der Waals surface area contributed by atoms with Crippen LogP contribution in [0.15, 0.2) is 0 Å². The fraction of sp³-hybridized carbons (Fsp3) is 0.692. The van der Waals surface area contributed by atoms with Gasteiger partial charge in [-0.3, -0.25) is 4.68 Å². The molecule has 0 saturated heterocycles. The summed E-state index contributed by atoms with van der Waals surface area (Å²) < 4.78 is 30.1. The lowest BCUT2D eigenvalue weighted by molar-refractivity contribution is 0.0204. The molecule has 8 heteroatoms. The Morgan fingerprint density at radius 2 is 2.10 bits per heavy atom. The van der Waals surface area contributed by atoms with Crippen LogP contribution in [-0.2, 0) is 21.6 Å². The molecule has 0 bridgehead atoms. The fourth-order valence-corrected chi connectivity index (χ4v) is 3.88. The van der Waals surface area contributed by atoms with Crippen LogP contribution in [0.3, 0.4) is 0 Å². The van der Waals surface area contributed by atoms with Crippen LogP contribution in [0.2, 0.25) is 0 Å². The Kier molecular flexibility index (Phi) is 4.27. The summed E-state index contributed by atoms with van der Waals surface area (Å²) >= 11 is 0. The number of nitrogens with zero attached hydrogens (tertiary/aromatic N) is 2. The molecular weight excluding hydrogens is 294 g/mol. The minimum absolute atomic E-state index is 0.217. The maximum atomic E-state index is 12.2. The molecule has 1 aromatic heterocycles. The van der Waals surface area contributed by atoms with Gasteiger partial charge in [0.05, 0.1) is 16.6 Å². The van der Waals surface area contributed by atoms with E-state index in [0.717, 1.165) is 6.42 Å². The predicted molar refractivity (Wildman–Crippen MR) is 78.7 cm³/mol. The Morgan fingerprint density at radius 1 is 1.43 bits per heavy atom. The first-order valence-electron chi connectivity index (χ1n) is 6.89. The molecule has 1 heterocycles. The van der Waals surface area contributed by atoms with E-state index in [0.29, 0.717) is 30.6 Å². The molecule has 0 spiro atoms. The maximum absolute atomic E-state index is 12.2. The van der Waals surface area contributed by atoms with E-state index in [9.17, 15) is 13.2 Å². The van der Waals surface area contributed by atoms with Gasteiger partial charge in [-0.2, -0.15) is 5.10 Å². The molecule has 1 saturated carbocycles. The first kappa shape index (κ1) is 15.8. The Hall–Kier alpha value is -1.57. The van der Waals surface area contributed by atoms with Gasteiger partial charge in [0.25, 0.3) is 0 Å². The number of aromatic nitrogens is 2. The van der Waals surface area contributed by atoms with Crippen molar-refractivity contribution < 1.29 is 17.9 Å². The van der Waals surface area contributed by atoms with Gasteiger partial charge < -0.3 is 10.5 Å². The largest absolute Gasteiger partial charge is 0.458 e. The van der Waals surface area contributed by atoms with Crippen LogP contribution in [0.5, 0.6) is 0 Å². The Balaban J connectivity index is 2.09. The van der Waals surface area contributed by atoms with Crippen molar-refractivity contribution in [3.63, 3.8) is 0 Å². The number of ether oxygens (including phenoxy) is 1.